The average Bonchev–Trinajstić information content (AvgIpc) is 3.26. The molecule has 0 aliphatic rings. The molecular weight excluding hydrogens is 480 g/mol. The van der Waals surface area contributed by atoms with Crippen LogP contribution in [0.25, 0.3) is 33.3 Å². The lowest BCUT2D eigenvalue weighted by molar-refractivity contribution is -0.128. The van der Waals surface area contributed by atoms with E-state index in [0.717, 1.165) is 31.9 Å². The van der Waals surface area contributed by atoms with E-state index in [1.54, 1.807) is 13.8 Å². The van der Waals surface area contributed by atoms with E-state index in [-0.39, 0.29) is 5.91 Å². The molecule has 0 radical (unpaired) electrons. The maximum absolute atomic E-state index is 13.0. The van der Waals surface area contributed by atoms with Crippen LogP contribution in [0.2, 0.25) is 0 Å². The second-order valence-electron chi connectivity index (χ2n) is 8.25. The summed E-state index contributed by atoms with van der Waals surface area (Å²) in [7, 11) is 0. The number of amides is 1. The fourth-order valence-corrected chi connectivity index (χ4v) is 3.90. The van der Waals surface area contributed by atoms with Gasteiger partial charge in [-0.05, 0) is 67.8 Å². The molecule has 5 aromatic rings. The van der Waals surface area contributed by atoms with Crippen LogP contribution in [0.1, 0.15) is 13.8 Å². The molecule has 0 aliphatic carbocycles. The quantitative estimate of drug-likeness (QED) is 0.277. The highest BCUT2D eigenvalue weighted by Gasteiger charge is 2.30. The smallest absolute Gasteiger partial charge is 0.267 e. The third-order valence-corrected chi connectivity index (χ3v) is 5.91. The van der Waals surface area contributed by atoms with Crippen molar-refractivity contribution in [1.29, 1.82) is 0 Å². The van der Waals surface area contributed by atoms with Crippen LogP contribution in [0.4, 0.5) is 5.69 Å². The van der Waals surface area contributed by atoms with Gasteiger partial charge in [-0.15, -0.1) is 0 Å². The normalized spacial score (nSPS) is 11.6. The number of anilines is 1. The fraction of sp³-hybridized carbons (Fsp3) is 0.111. The van der Waals surface area contributed by atoms with Crippen LogP contribution in [0.15, 0.2) is 93.8 Å². The molecule has 0 atom stereocenters. The van der Waals surface area contributed by atoms with Crippen molar-refractivity contribution in [2.75, 3.05) is 5.32 Å². The number of fused-ring (bicyclic) bond motifs is 3. The van der Waals surface area contributed by atoms with Gasteiger partial charge < -0.3 is 14.5 Å². The molecule has 0 saturated heterocycles. The molecule has 0 saturated carbocycles. The first-order valence-electron chi connectivity index (χ1n) is 10.5. The summed E-state index contributed by atoms with van der Waals surface area (Å²) in [6, 6.07) is 26.9. The summed E-state index contributed by atoms with van der Waals surface area (Å²) < 4.78 is 12.9. The number of halogens is 1. The number of nitrogens with zero attached hydrogens (tertiary/aromatic N) is 1. The number of carbonyl (C=O) groups excluding carboxylic acids is 1. The van der Waals surface area contributed by atoms with Crippen LogP contribution < -0.4 is 10.1 Å². The Morgan fingerprint density at radius 2 is 1.76 bits per heavy atom. The predicted octanol–water partition coefficient (Wildman–Crippen LogP) is 7.21. The van der Waals surface area contributed by atoms with Crippen LogP contribution >= 0.6 is 15.9 Å². The zero-order chi connectivity index (χ0) is 23.0. The lowest BCUT2D eigenvalue weighted by Gasteiger charge is -2.25. The van der Waals surface area contributed by atoms with E-state index < -0.39 is 5.60 Å². The Morgan fingerprint density at radius 1 is 0.970 bits per heavy atom. The molecule has 1 N–H and O–H groups in total. The number of oxazole rings is 1. The number of carbonyl (C=O) groups is 1. The van der Waals surface area contributed by atoms with Gasteiger partial charge in [-0.25, -0.2) is 4.98 Å². The Labute approximate surface area is 199 Å². The molecule has 0 unspecified atom stereocenters. The van der Waals surface area contributed by atoms with Crippen LogP contribution in [0.5, 0.6) is 5.75 Å². The molecule has 1 heterocycles. The van der Waals surface area contributed by atoms with Gasteiger partial charge in [0.15, 0.2) is 11.2 Å². The number of hydrogen-bond acceptors (Lipinski definition) is 4. The first kappa shape index (κ1) is 21.2. The minimum Gasteiger partial charge on any atom is -0.478 e. The van der Waals surface area contributed by atoms with Crippen molar-refractivity contribution in [2.45, 2.75) is 19.4 Å². The van der Waals surface area contributed by atoms with Crippen molar-refractivity contribution in [3.05, 3.63) is 89.4 Å². The molecule has 164 valence electrons. The van der Waals surface area contributed by atoms with Gasteiger partial charge in [0.05, 0.1) is 0 Å². The molecular formula is C27H21BrN2O3. The highest BCUT2D eigenvalue weighted by Crippen LogP contribution is 2.31. The molecule has 4 aromatic carbocycles. The van der Waals surface area contributed by atoms with E-state index in [9.17, 15) is 4.79 Å². The second kappa shape index (κ2) is 8.37. The molecule has 5 nitrogen and oxygen atoms in total. The predicted molar refractivity (Wildman–Crippen MR) is 134 cm³/mol. The largest absolute Gasteiger partial charge is 0.478 e. The molecule has 1 aromatic heterocycles. The molecule has 0 fully saturated rings. The van der Waals surface area contributed by atoms with Crippen molar-refractivity contribution in [3.63, 3.8) is 0 Å². The summed E-state index contributed by atoms with van der Waals surface area (Å²) in [6.07, 6.45) is 0. The van der Waals surface area contributed by atoms with Gasteiger partial charge in [-0.2, -0.15) is 0 Å². The minimum absolute atomic E-state index is 0.258. The van der Waals surface area contributed by atoms with E-state index in [2.05, 4.69) is 27.3 Å². The van der Waals surface area contributed by atoms with Gasteiger partial charge in [-0.3, -0.25) is 4.79 Å². The fourth-order valence-electron chi connectivity index (χ4n) is 3.64. The average molecular weight is 501 g/mol. The number of rotatable bonds is 5. The summed E-state index contributed by atoms with van der Waals surface area (Å²) in [5.74, 6) is 0.861. The number of benzene rings is 4. The van der Waals surface area contributed by atoms with E-state index >= 15 is 0 Å². The monoisotopic (exact) mass is 500 g/mol. The summed E-state index contributed by atoms with van der Waals surface area (Å²) in [4.78, 5) is 17.7. The highest BCUT2D eigenvalue weighted by atomic mass is 79.9. The first-order valence-corrected chi connectivity index (χ1v) is 11.3. The van der Waals surface area contributed by atoms with Crippen molar-refractivity contribution >= 4 is 49.4 Å². The van der Waals surface area contributed by atoms with Crippen LogP contribution in [-0.4, -0.2) is 16.5 Å². The summed E-state index contributed by atoms with van der Waals surface area (Å²) >= 11 is 3.40. The van der Waals surface area contributed by atoms with Crippen molar-refractivity contribution in [3.8, 4) is 17.2 Å². The van der Waals surface area contributed by atoms with Crippen molar-refractivity contribution < 1.29 is 13.9 Å². The third kappa shape index (κ3) is 4.34. The topological polar surface area (TPSA) is 64.4 Å². The van der Waals surface area contributed by atoms with Gasteiger partial charge in [0.25, 0.3) is 5.91 Å². The second-order valence-corrected chi connectivity index (χ2v) is 9.17. The Kier molecular flexibility index (Phi) is 5.38. The van der Waals surface area contributed by atoms with Crippen LogP contribution in [-0.2, 0) is 4.79 Å². The molecule has 33 heavy (non-hydrogen) atoms. The zero-order valence-electron chi connectivity index (χ0n) is 18.1. The zero-order valence-corrected chi connectivity index (χ0v) is 19.7. The minimum atomic E-state index is -1.07. The number of hydrogen-bond donors (Lipinski definition) is 1. The van der Waals surface area contributed by atoms with E-state index in [1.165, 1.54) is 0 Å². The molecule has 0 bridgehead atoms. The third-order valence-electron chi connectivity index (χ3n) is 5.38. The molecule has 1 amide bonds. The van der Waals surface area contributed by atoms with Crippen molar-refractivity contribution in [2.24, 2.45) is 0 Å². The molecule has 5 rings (SSSR count). The molecule has 0 aliphatic heterocycles. The van der Waals surface area contributed by atoms with Crippen LogP contribution in [0.3, 0.4) is 0 Å². The summed E-state index contributed by atoms with van der Waals surface area (Å²) in [6.45, 7) is 3.47. The SMILES string of the molecule is CC(C)(Oc1ccc(Br)cc1)C(=O)Nc1cccc(-c2nc3c(ccc4ccccc43)o2)c1. The number of nitrogens with one attached hydrogen (secondary N) is 1. The van der Waals surface area contributed by atoms with Gasteiger partial charge >= 0.3 is 0 Å². The number of aromatic nitrogens is 1. The lowest BCUT2D eigenvalue weighted by Crippen LogP contribution is -2.42. The lowest BCUT2D eigenvalue weighted by atomic mass is 10.1. The van der Waals surface area contributed by atoms with Gasteiger partial charge in [0.2, 0.25) is 5.89 Å². The highest BCUT2D eigenvalue weighted by molar-refractivity contribution is 9.10. The number of ether oxygens (including phenoxy) is 1. The van der Waals surface area contributed by atoms with Gasteiger partial charge in [0.1, 0.15) is 11.3 Å². The Bertz CT molecular complexity index is 1470. The van der Waals surface area contributed by atoms with E-state index in [0.29, 0.717) is 17.3 Å². The first-order chi connectivity index (χ1) is 15.9. The van der Waals surface area contributed by atoms with Gasteiger partial charge in [-0.1, -0.05) is 52.3 Å². The maximum Gasteiger partial charge on any atom is 0.267 e. The van der Waals surface area contributed by atoms with Gasteiger partial charge in [0, 0.05) is 21.1 Å². The summed E-state index contributed by atoms with van der Waals surface area (Å²) in [5.41, 5.74) is 1.89. The Hall–Kier alpha value is -3.64. The molecule has 6 heteroatoms. The Morgan fingerprint density at radius 3 is 2.58 bits per heavy atom. The molecule has 0 spiro atoms. The van der Waals surface area contributed by atoms with Crippen molar-refractivity contribution in [1.82, 2.24) is 4.98 Å². The van der Waals surface area contributed by atoms with E-state index in [4.69, 9.17) is 14.1 Å². The Balaban J connectivity index is 1.39. The summed E-state index contributed by atoms with van der Waals surface area (Å²) in [5, 5.41) is 5.10. The maximum atomic E-state index is 13.0. The standard InChI is InChI=1S/C27H21BrN2O3/c1-27(2,33-21-13-11-19(28)12-14-21)26(31)29-20-8-5-7-18(16-20)25-30-24-22-9-4-3-6-17(22)10-15-23(24)32-25/h3-16H,1-2H3,(H,29,31). The van der Waals surface area contributed by atoms with E-state index in [1.807, 2.05) is 78.9 Å². The van der Waals surface area contributed by atoms with Crippen LogP contribution in [0, 0.1) is 0 Å².